The zero-order valence-corrected chi connectivity index (χ0v) is 12.3. The molecule has 2 amide bonds. The van der Waals surface area contributed by atoms with Gasteiger partial charge >= 0.3 is 12.2 Å². The van der Waals surface area contributed by atoms with E-state index in [9.17, 15) is 27.5 Å². The summed E-state index contributed by atoms with van der Waals surface area (Å²) < 4.78 is 51.0. The number of carbonyl (C=O) groups is 1. The molecule has 2 rings (SSSR count). The summed E-state index contributed by atoms with van der Waals surface area (Å²) in [5.74, 6) is -1.25. The largest absolute Gasteiger partial charge is 0.419 e. The van der Waals surface area contributed by atoms with Crippen LogP contribution in [0.5, 0.6) is 0 Å². The van der Waals surface area contributed by atoms with Gasteiger partial charge in [0.15, 0.2) is 0 Å². The van der Waals surface area contributed by atoms with E-state index in [1.165, 1.54) is 0 Å². The highest BCUT2D eigenvalue weighted by atomic mass is 19.4. The molecule has 1 aromatic carbocycles. The Kier molecular flexibility index (Phi) is 5.46. The fourth-order valence-corrected chi connectivity index (χ4v) is 2.68. The third-order valence-corrected chi connectivity index (χ3v) is 3.84. The molecule has 1 aliphatic rings. The molecule has 3 N–H and O–H groups in total. The Balaban J connectivity index is 1.90. The number of amides is 2. The van der Waals surface area contributed by atoms with E-state index in [1.807, 2.05) is 0 Å². The lowest BCUT2D eigenvalue weighted by molar-refractivity contribution is -0.139. The Bertz CT molecular complexity index is 563. The maximum atomic E-state index is 13.2. The number of hydrogen-bond donors (Lipinski definition) is 3. The molecule has 1 aliphatic carbocycles. The maximum absolute atomic E-state index is 13.2. The summed E-state index contributed by atoms with van der Waals surface area (Å²) in [4.78, 5) is 11.7. The zero-order valence-electron chi connectivity index (χ0n) is 12.3. The molecule has 0 heterocycles. The number of anilines is 1. The molecule has 1 saturated carbocycles. The lowest BCUT2D eigenvalue weighted by atomic mass is 9.87. The minimum atomic E-state index is -4.82. The van der Waals surface area contributed by atoms with Crippen LogP contribution in [0.2, 0.25) is 0 Å². The minimum Gasteiger partial charge on any atom is -0.393 e. The van der Waals surface area contributed by atoms with E-state index < -0.39 is 23.6 Å². The van der Waals surface area contributed by atoms with E-state index in [-0.39, 0.29) is 17.7 Å². The molecular formula is C15H18F4N2O2. The molecule has 0 aliphatic heterocycles. The molecule has 1 fully saturated rings. The van der Waals surface area contributed by atoms with Gasteiger partial charge in [-0.1, -0.05) is 6.42 Å². The second-order valence-corrected chi connectivity index (χ2v) is 5.71. The summed E-state index contributed by atoms with van der Waals surface area (Å²) in [7, 11) is 0. The summed E-state index contributed by atoms with van der Waals surface area (Å²) in [5, 5.41) is 14.4. The van der Waals surface area contributed by atoms with Gasteiger partial charge in [0.05, 0.1) is 11.7 Å². The first-order valence-corrected chi connectivity index (χ1v) is 7.35. The van der Waals surface area contributed by atoms with Crippen molar-refractivity contribution in [2.45, 2.75) is 38.0 Å². The molecule has 8 heteroatoms. The molecular weight excluding hydrogens is 316 g/mol. The second kappa shape index (κ2) is 7.16. The van der Waals surface area contributed by atoms with E-state index in [1.54, 1.807) is 0 Å². The van der Waals surface area contributed by atoms with Gasteiger partial charge < -0.3 is 15.7 Å². The number of aliphatic hydroxyl groups is 1. The van der Waals surface area contributed by atoms with E-state index in [2.05, 4.69) is 10.6 Å². The number of benzene rings is 1. The van der Waals surface area contributed by atoms with Crippen LogP contribution in [0.15, 0.2) is 18.2 Å². The Morgan fingerprint density at radius 2 is 2.04 bits per heavy atom. The first-order chi connectivity index (χ1) is 10.8. The fraction of sp³-hybridized carbons (Fsp3) is 0.533. The highest BCUT2D eigenvalue weighted by Gasteiger charge is 2.34. The van der Waals surface area contributed by atoms with Crippen molar-refractivity contribution in [1.29, 1.82) is 0 Å². The van der Waals surface area contributed by atoms with Gasteiger partial charge in [-0.3, -0.25) is 0 Å². The Hall–Kier alpha value is -1.83. The van der Waals surface area contributed by atoms with Crippen molar-refractivity contribution in [3.63, 3.8) is 0 Å². The standard InChI is InChI=1S/C15H18F4N2O2/c16-13-5-4-10(7-12(13)15(17,18)19)21-14(23)20-8-9-2-1-3-11(22)6-9/h4-5,7,9,11,22H,1-3,6,8H2,(H2,20,21,23). The summed E-state index contributed by atoms with van der Waals surface area (Å²) >= 11 is 0. The third-order valence-electron chi connectivity index (χ3n) is 3.84. The quantitative estimate of drug-likeness (QED) is 0.741. The molecule has 0 saturated heterocycles. The molecule has 0 bridgehead atoms. The van der Waals surface area contributed by atoms with Crippen LogP contribution in [-0.2, 0) is 6.18 Å². The SMILES string of the molecule is O=C(NCC1CCCC(O)C1)Nc1ccc(F)c(C(F)(F)F)c1. The number of hydrogen-bond acceptors (Lipinski definition) is 2. The van der Waals surface area contributed by atoms with Gasteiger partial charge in [-0.15, -0.1) is 0 Å². The predicted molar refractivity (Wildman–Crippen MR) is 76.4 cm³/mol. The van der Waals surface area contributed by atoms with Crippen LogP contribution in [-0.4, -0.2) is 23.8 Å². The van der Waals surface area contributed by atoms with E-state index in [0.717, 1.165) is 25.3 Å². The predicted octanol–water partition coefficient (Wildman–Crippen LogP) is 3.52. The third kappa shape index (κ3) is 5.09. The van der Waals surface area contributed by atoms with Crippen molar-refractivity contribution in [1.82, 2.24) is 5.32 Å². The van der Waals surface area contributed by atoms with Crippen molar-refractivity contribution in [3.8, 4) is 0 Å². The van der Waals surface area contributed by atoms with Crippen LogP contribution in [0.3, 0.4) is 0 Å². The average Bonchev–Trinajstić information content (AvgIpc) is 2.46. The smallest absolute Gasteiger partial charge is 0.393 e. The highest BCUT2D eigenvalue weighted by Crippen LogP contribution is 2.33. The number of alkyl halides is 3. The van der Waals surface area contributed by atoms with Crippen LogP contribution in [0.1, 0.15) is 31.2 Å². The van der Waals surface area contributed by atoms with Gasteiger partial charge in [-0.25, -0.2) is 9.18 Å². The minimum absolute atomic E-state index is 0.139. The van der Waals surface area contributed by atoms with Crippen molar-refractivity contribution in [3.05, 3.63) is 29.6 Å². The van der Waals surface area contributed by atoms with Gasteiger partial charge in [-0.2, -0.15) is 13.2 Å². The van der Waals surface area contributed by atoms with Gasteiger partial charge in [0.2, 0.25) is 0 Å². The number of nitrogens with one attached hydrogen (secondary N) is 2. The number of aliphatic hydroxyl groups excluding tert-OH is 1. The van der Waals surface area contributed by atoms with Gasteiger partial charge in [0, 0.05) is 12.2 Å². The summed E-state index contributed by atoms with van der Waals surface area (Å²) in [6.07, 6.45) is -2.09. The lowest BCUT2D eigenvalue weighted by Gasteiger charge is -2.25. The van der Waals surface area contributed by atoms with Gasteiger partial charge in [0.1, 0.15) is 5.82 Å². The maximum Gasteiger partial charge on any atom is 0.419 e. The van der Waals surface area contributed by atoms with Crippen LogP contribution in [0, 0.1) is 11.7 Å². The molecule has 2 atom stereocenters. The van der Waals surface area contributed by atoms with Gasteiger partial charge in [-0.05, 0) is 43.4 Å². The van der Waals surface area contributed by atoms with E-state index in [4.69, 9.17) is 0 Å². The zero-order chi connectivity index (χ0) is 17.0. The fourth-order valence-electron chi connectivity index (χ4n) is 2.68. The second-order valence-electron chi connectivity index (χ2n) is 5.71. The van der Waals surface area contributed by atoms with E-state index in [0.29, 0.717) is 25.1 Å². The van der Waals surface area contributed by atoms with Crippen molar-refractivity contribution in [2.75, 3.05) is 11.9 Å². The molecule has 2 unspecified atom stereocenters. The topological polar surface area (TPSA) is 61.4 Å². The van der Waals surface area contributed by atoms with E-state index >= 15 is 0 Å². The molecule has 128 valence electrons. The summed E-state index contributed by atoms with van der Waals surface area (Å²) in [5.41, 5.74) is -1.56. The highest BCUT2D eigenvalue weighted by molar-refractivity contribution is 5.89. The van der Waals surface area contributed by atoms with Crippen molar-refractivity contribution >= 4 is 11.7 Å². The average molecular weight is 334 g/mol. The molecule has 4 nitrogen and oxygen atoms in total. The number of urea groups is 1. The van der Waals surface area contributed by atoms with Crippen LogP contribution < -0.4 is 10.6 Å². The lowest BCUT2D eigenvalue weighted by Crippen LogP contribution is -2.35. The first-order valence-electron chi connectivity index (χ1n) is 7.35. The molecule has 0 aromatic heterocycles. The molecule has 23 heavy (non-hydrogen) atoms. The Morgan fingerprint density at radius 1 is 1.30 bits per heavy atom. The van der Waals surface area contributed by atoms with Crippen molar-refractivity contribution < 1.29 is 27.5 Å². The Labute approximate surface area is 130 Å². The summed E-state index contributed by atoms with van der Waals surface area (Å²) in [6, 6.07) is 1.62. The molecule has 0 spiro atoms. The normalized spacial score (nSPS) is 21.8. The number of carbonyl (C=O) groups excluding carboxylic acids is 1. The van der Waals surface area contributed by atoms with Crippen LogP contribution in [0.4, 0.5) is 28.0 Å². The van der Waals surface area contributed by atoms with Crippen molar-refractivity contribution in [2.24, 2.45) is 5.92 Å². The molecule has 0 radical (unpaired) electrons. The van der Waals surface area contributed by atoms with Crippen LogP contribution >= 0.6 is 0 Å². The van der Waals surface area contributed by atoms with Gasteiger partial charge in [0.25, 0.3) is 0 Å². The summed E-state index contributed by atoms with van der Waals surface area (Å²) in [6.45, 7) is 0.330. The molecule has 1 aromatic rings. The Morgan fingerprint density at radius 3 is 2.70 bits per heavy atom. The van der Waals surface area contributed by atoms with Crippen LogP contribution in [0.25, 0.3) is 0 Å². The number of rotatable bonds is 3. The monoisotopic (exact) mass is 334 g/mol. The number of halogens is 4. The first kappa shape index (κ1) is 17.5.